The molecule has 0 aromatic carbocycles. The Morgan fingerprint density at radius 3 is 2.00 bits per heavy atom. The molecule has 0 radical (unpaired) electrons. The number of rotatable bonds is 2. The molecule has 10 heavy (non-hydrogen) atoms. The molecule has 0 aliphatic carbocycles. The van der Waals surface area contributed by atoms with Gasteiger partial charge in [-0.3, -0.25) is 4.99 Å². The summed E-state index contributed by atoms with van der Waals surface area (Å²) in [6.07, 6.45) is 0. The van der Waals surface area contributed by atoms with Gasteiger partial charge in [0, 0.05) is 25.5 Å². The maximum atomic E-state index is 4.08. The van der Waals surface area contributed by atoms with Gasteiger partial charge in [0.25, 0.3) is 0 Å². The van der Waals surface area contributed by atoms with Crippen LogP contribution in [0.1, 0.15) is 20.8 Å². The second-order valence-corrected chi connectivity index (χ2v) is 2.31. The van der Waals surface area contributed by atoms with Gasteiger partial charge < -0.3 is 5.32 Å². The third-order valence-corrected chi connectivity index (χ3v) is 1.82. The molecule has 0 aromatic heterocycles. The van der Waals surface area contributed by atoms with Gasteiger partial charge in [0.05, 0.1) is 0 Å². The minimum absolute atomic E-state index is 1.09. The number of nitrogens with one attached hydrogen (secondary N) is 1. The van der Waals surface area contributed by atoms with Crippen LogP contribution in [0.5, 0.6) is 0 Å². The fourth-order valence-corrected chi connectivity index (χ4v) is 0.627. The summed E-state index contributed by atoms with van der Waals surface area (Å²) in [6, 6.07) is 0. The van der Waals surface area contributed by atoms with Crippen LogP contribution < -0.4 is 5.32 Å². The second-order valence-electron chi connectivity index (χ2n) is 2.31. The second kappa shape index (κ2) is 4.09. The van der Waals surface area contributed by atoms with E-state index in [4.69, 9.17) is 0 Å². The molecule has 0 aliphatic heterocycles. The maximum Gasteiger partial charge on any atom is 0.0360 e. The average Bonchev–Trinajstić information content (AvgIpc) is 2.00. The highest BCUT2D eigenvalue weighted by atomic mass is 14.8. The van der Waals surface area contributed by atoms with Crippen molar-refractivity contribution in [2.24, 2.45) is 4.99 Å². The van der Waals surface area contributed by atoms with Crippen molar-refractivity contribution in [1.82, 2.24) is 5.32 Å². The summed E-state index contributed by atoms with van der Waals surface area (Å²) in [7, 11) is 3.73. The van der Waals surface area contributed by atoms with Crippen LogP contribution in [0.4, 0.5) is 0 Å². The van der Waals surface area contributed by atoms with Crippen LogP contribution in [0.3, 0.4) is 0 Å². The van der Waals surface area contributed by atoms with Gasteiger partial charge in [-0.2, -0.15) is 0 Å². The first-order valence-electron chi connectivity index (χ1n) is 3.42. The van der Waals surface area contributed by atoms with E-state index < -0.39 is 0 Å². The Kier molecular flexibility index (Phi) is 3.77. The van der Waals surface area contributed by atoms with Gasteiger partial charge in [0.2, 0.25) is 0 Å². The molecule has 0 bridgehead atoms. The molecule has 0 atom stereocenters. The molecule has 0 saturated carbocycles. The van der Waals surface area contributed by atoms with Gasteiger partial charge >= 0.3 is 0 Å². The zero-order valence-electron chi connectivity index (χ0n) is 7.45. The van der Waals surface area contributed by atoms with E-state index in [1.165, 1.54) is 11.3 Å². The fraction of sp³-hybridized carbons (Fsp3) is 0.625. The third-order valence-electron chi connectivity index (χ3n) is 1.82. The highest BCUT2D eigenvalue weighted by Crippen LogP contribution is 2.01. The molecule has 58 valence electrons. The molecule has 0 fully saturated rings. The Morgan fingerprint density at radius 1 is 1.20 bits per heavy atom. The molecule has 1 N–H and O–H groups in total. The van der Waals surface area contributed by atoms with Gasteiger partial charge in [-0.1, -0.05) is 0 Å². The first kappa shape index (κ1) is 9.21. The van der Waals surface area contributed by atoms with E-state index in [-0.39, 0.29) is 0 Å². The SMILES string of the molecule is C/N=C(C)/C(C)=C(/C)NC. The first-order chi connectivity index (χ1) is 4.63. The van der Waals surface area contributed by atoms with E-state index in [2.05, 4.69) is 17.2 Å². The van der Waals surface area contributed by atoms with Gasteiger partial charge in [0.15, 0.2) is 0 Å². The molecule has 0 rings (SSSR count). The Morgan fingerprint density at radius 2 is 1.70 bits per heavy atom. The molecular formula is C8H16N2. The van der Waals surface area contributed by atoms with E-state index >= 15 is 0 Å². The van der Waals surface area contributed by atoms with E-state index in [0.29, 0.717) is 0 Å². The fourth-order valence-electron chi connectivity index (χ4n) is 0.627. The van der Waals surface area contributed by atoms with Gasteiger partial charge in [-0.05, 0) is 26.3 Å². The van der Waals surface area contributed by atoms with Crippen LogP contribution in [0.15, 0.2) is 16.3 Å². The number of allylic oxidation sites excluding steroid dienone is 2. The zero-order valence-corrected chi connectivity index (χ0v) is 7.45. The summed E-state index contributed by atoms with van der Waals surface area (Å²) in [5.41, 5.74) is 3.50. The third kappa shape index (κ3) is 2.21. The molecular weight excluding hydrogens is 124 g/mol. The van der Waals surface area contributed by atoms with Crippen molar-refractivity contribution >= 4 is 5.71 Å². The van der Waals surface area contributed by atoms with Crippen LogP contribution in [-0.4, -0.2) is 19.8 Å². The standard InChI is InChI=1S/C8H16N2/c1-6(7(2)9-4)8(3)10-5/h9H,1-5H3/b7-6-,10-8+. The average molecular weight is 140 g/mol. The van der Waals surface area contributed by atoms with Crippen molar-refractivity contribution in [1.29, 1.82) is 0 Å². The number of nitrogens with zero attached hydrogens (tertiary/aromatic N) is 1. The summed E-state index contributed by atoms with van der Waals surface area (Å²) < 4.78 is 0. The van der Waals surface area contributed by atoms with Crippen molar-refractivity contribution in [3.8, 4) is 0 Å². The number of aliphatic imine (C=N–C) groups is 1. The maximum absolute atomic E-state index is 4.08. The van der Waals surface area contributed by atoms with Crippen molar-refractivity contribution in [2.45, 2.75) is 20.8 Å². The van der Waals surface area contributed by atoms with Crippen LogP contribution in [0.2, 0.25) is 0 Å². The normalized spacial score (nSPS) is 14.7. The van der Waals surface area contributed by atoms with Crippen LogP contribution in [0.25, 0.3) is 0 Å². The summed E-state index contributed by atoms with van der Waals surface area (Å²) in [5, 5.41) is 3.08. The number of hydrogen-bond donors (Lipinski definition) is 1. The van der Waals surface area contributed by atoms with Crippen molar-refractivity contribution in [3.63, 3.8) is 0 Å². The molecule has 0 aromatic rings. The van der Waals surface area contributed by atoms with Crippen LogP contribution in [0, 0.1) is 0 Å². The quantitative estimate of drug-likeness (QED) is 0.579. The Labute approximate surface area is 63.0 Å². The van der Waals surface area contributed by atoms with Gasteiger partial charge in [-0.25, -0.2) is 0 Å². The van der Waals surface area contributed by atoms with E-state index in [1.54, 1.807) is 0 Å². The van der Waals surface area contributed by atoms with E-state index in [0.717, 1.165) is 5.71 Å². The molecule has 0 amide bonds. The van der Waals surface area contributed by atoms with E-state index in [1.807, 2.05) is 27.9 Å². The molecule has 0 aliphatic rings. The van der Waals surface area contributed by atoms with Gasteiger partial charge in [-0.15, -0.1) is 0 Å². The topological polar surface area (TPSA) is 24.4 Å². The molecule has 0 saturated heterocycles. The lowest BCUT2D eigenvalue weighted by molar-refractivity contribution is 0.972. The summed E-state index contributed by atoms with van der Waals surface area (Å²) in [4.78, 5) is 4.08. The van der Waals surface area contributed by atoms with Crippen LogP contribution >= 0.6 is 0 Å². The molecule has 2 nitrogen and oxygen atoms in total. The Balaban J connectivity index is 4.46. The lowest BCUT2D eigenvalue weighted by atomic mass is 10.1. The monoisotopic (exact) mass is 140 g/mol. The first-order valence-corrected chi connectivity index (χ1v) is 3.42. The van der Waals surface area contributed by atoms with Crippen molar-refractivity contribution in [2.75, 3.05) is 14.1 Å². The summed E-state index contributed by atoms with van der Waals surface area (Å²) in [5.74, 6) is 0. The predicted octanol–water partition coefficient (Wildman–Crippen LogP) is 1.59. The van der Waals surface area contributed by atoms with E-state index in [9.17, 15) is 0 Å². The smallest absolute Gasteiger partial charge is 0.0360 e. The minimum Gasteiger partial charge on any atom is -0.391 e. The van der Waals surface area contributed by atoms with Crippen molar-refractivity contribution < 1.29 is 0 Å². The summed E-state index contributed by atoms with van der Waals surface area (Å²) >= 11 is 0. The van der Waals surface area contributed by atoms with Crippen molar-refractivity contribution in [3.05, 3.63) is 11.3 Å². The molecule has 0 spiro atoms. The lowest BCUT2D eigenvalue weighted by Crippen LogP contribution is -2.08. The van der Waals surface area contributed by atoms with Crippen LogP contribution in [-0.2, 0) is 0 Å². The molecule has 2 heteroatoms. The minimum atomic E-state index is 1.09. The Bertz CT molecular complexity index is 166. The largest absolute Gasteiger partial charge is 0.391 e. The predicted molar refractivity (Wildman–Crippen MR) is 46.5 cm³/mol. The molecule has 0 unspecified atom stereocenters. The van der Waals surface area contributed by atoms with Gasteiger partial charge in [0.1, 0.15) is 0 Å². The zero-order chi connectivity index (χ0) is 8.15. The number of hydrogen-bond acceptors (Lipinski definition) is 2. The lowest BCUT2D eigenvalue weighted by Gasteiger charge is -2.05. The molecule has 0 heterocycles. The highest BCUT2D eigenvalue weighted by molar-refractivity contribution is 5.98. The Hall–Kier alpha value is -0.790. The summed E-state index contributed by atoms with van der Waals surface area (Å²) in [6.45, 7) is 6.12. The highest BCUT2D eigenvalue weighted by Gasteiger charge is 1.96.